The van der Waals surface area contributed by atoms with Gasteiger partial charge in [-0.25, -0.2) is 0 Å². The summed E-state index contributed by atoms with van der Waals surface area (Å²) in [6, 6.07) is 11.6. The second-order valence-corrected chi connectivity index (χ2v) is 4.77. The van der Waals surface area contributed by atoms with Crippen LogP contribution in [-0.4, -0.2) is 18.3 Å². The average Bonchev–Trinajstić information content (AvgIpc) is 2.98. The molecule has 1 aliphatic heterocycles. The van der Waals surface area contributed by atoms with Crippen molar-refractivity contribution in [2.45, 2.75) is 18.5 Å². The van der Waals surface area contributed by atoms with Gasteiger partial charge in [0.1, 0.15) is 11.5 Å². The van der Waals surface area contributed by atoms with Crippen LogP contribution in [0.25, 0.3) is 0 Å². The van der Waals surface area contributed by atoms with Gasteiger partial charge in [-0.3, -0.25) is 5.32 Å². The number of para-hydroxylation sites is 1. The first-order valence-corrected chi connectivity index (χ1v) is 6.45. The first-order chi connectivity index (χ1) is 9.34. The molecule has 100 valence electrons. The fourth-order valence-corrected chi connectivity index (χ4v) is 2.53. The Kier molecular flexibility index (Phi) is 3.27. The lowest BCUT2D eigenvalue weighted by Gasteiger charge is -2.38. The van der Waals surface area contributed by atoms with E-state index in [4.69, 9.17) is 9.15 Å². The van der Waals surface area contributed by atoms with Gasteiger partial charge in [0.2, 0.25) is 0 Å². The standard InChI is InChI=1S/C15H17NO3/c17-11-15(16-10-12-4-3-8-18-12)7-9-19-14-6-2-1-5-13(14)15/h1-6,8,16-17H,7,9-11H2. The van der Waals surface area contributed by atoms with Crippen molar-refractivity contribution in [2.24, 2.45) is 0 Å². The van der Waals surface area contributed by atoms with E-state index in [1.807, 2.05) is 36.4 Å². The minimum atomic E-state index is -0.457. The number of hydrogen-bond acceptors (Lipinski definition) is 4. The zero-order chi connectivity index (χ0) is 13.1. The van der Waals surface area contributed by atoms with E-state index in [0.29, 0.717) is 13.2 Å². The smallest absolute Gasteiger partial charge is 0.124 e. The van der Waals surface area contributed by atoms with Crippen LogP contribution in [0.1, 0.15) is 17.7 Å². The van der Waals surface area contributed by atoms with E-state index in [1.54, 1.807) is 6.26 Å². The molecule has 2 heterocycles. The van der Waals surface area contributed by atoms with Crippen molar-refractivity contribution in [3.05, 3.63) is 54.0 Å². The summed E-state index contributed by atoms with van der Waals surface area (Å²) in [5.41, 5.74) is 0.553. The second kappa shape index (κ2) is 5.07. The Morgan fingerprint density at radius 2 is 2.11 bits per heavy atom. The molecule has 4 heteroatoms. The lowest BCUT2D eigenvalue weighted by molar-refractivity contribution is 0.104. The van der Waals surface area contributed by atoms with Crippen LogP contribution in [0.3, 0.4) is 0 Å². The molecule has 2 aromatic rings. The Hall–Kier alpha value is -1.78. The maximum absolute atomic E-state index is 9.87. The summed E-state index contributed by atoms with van der Waals surface area (Å²) >= 11 is 0. The lowest BCUT2D eigenvalue weighted by Crippen LogP contribution is -2.48. The largest absolute Gasteiger partial charge is 0.493 e. The molecule has 1 atom stereocenters. The zero-order valence-corrected chi connectivity index (χ0v) is 10.6. The quantitative estimate of drug-likeness (QED) is 0.882. The van der Waals surface area contributed by atoms with Gasteiger partial charge in [0, 0.05) is 12.0 Å². The van der Waals surface area contributed by atoms with E-state index >= 15 is 0 Å². The number of ether oxygens (including phenoxy) is 1. The molecule has 0 saturated heterocycles. The number of rotatable bonds is 4. The number of furan rings is 1. The maximum Gasteiger partial charge on any atom is 0.124 e. The summed E-state index contributed by atoms with van der Waals surface area (Å²) in [5, 5.41) is 13.3. The molecule has 1 aromatic heterocycles. The van der Waals surface area contributed by atoms with E-state index < -0.39 is 5.54 Å². The molecule has 0 radical (unpaired) electrons. The summed E-state index contributed by atoms with van der Waals surface area (Å²) in [6.45, 7) is 1.22. The van der Waals surface area contributed by atoms with Crippen LogP contribution >= 0.6 is 0 Å². The number of aliphatic hydroxyl groups excluding tert-OH is 1. The van der Waals surface area contributed by atoms with Crippen molar-refractivity contribution in [3.63, 3.8) is 0 Å². The highest BCUT2D eigenvalue weighted by atomic mass is 16.5. The molecule has 0 bridgehead atoms. The molecular weight excluding hydrogens is 242 g/mol. The van der Waals surface area contributed by atoms with Crippen LogP contribution in [0.5, 0.6) is 5.75 Å². The van der Waals surface area contributed by atoms with Crippen LogP contribution in [-0.2, 0) is 12.1 Å². The molecule has 4 nitrogen and oxygen atoms in total. The van der Waals surface area contributed by atoms with E-state index in [9.17, 15) is 5.11 Å². The maximum atomic E-state index is 9.87. The van der Waals surface area contributed by atoms with Crippen molar-refractivity contribution >= 4 is 0 Å². The Morgan fingerprint density at radius 3 is 2.89 bits per heavy atom. The summed E-state index contributed by atoms with van der Waals surface area (Å²) in [4.78, 5) is 0. The summed E-state index contributed by atoms with van der Waals surface area (Å²) in [6.07, 6.45) is 2.39. The normalized spacial score (nSPS) is 21.7. The van der Waals surface area contributed by atoms with Crippen LogP contribution in [0.4, 0.5) is 0 Å². The third-order valence-corrected chi connectivity index (χ3v) is 3.64. The molecule has 19 heavy (non-hydrogen) atoms. The molecule has 0 saturated carbocycles. The SMILES string of the molecule is OCC1(NCc2ccco2)CCOc2ccccc21. The van der Waals surface area contributed by atoms with Gasteiger partial charge in [0.25, 0.3) is 0 Å². The van der Waals surface area contributed by atoms with Gasteiger partial charge in [-0.2, -0.15) is 0 Å². The monoisotopic (exact) mass is 259 g/mol. The molecule has 1 aromatic carbocycles. The molecule has 0 aliphatic carbocycles. The molecule has 2 N–H and O–H groups in total. The van der Waals surface area contributed by atoms with Crippen LogP contribution < -0.4 is 10.1 Å². The fourth-order valence-electron chi connectivity index (χ4n) is 2.53. The lowest BCUT2D eigenvalue weighted by atomic mass is 9.85. The molecule has 1 unspecified atom stereocenters. The Labute approximate surface area is 112 Å². The number of hydrogen-bond donors (Lipinski definition) is 2. The van der Waals surface area contributed by atoms with Crippen molar-refractivity contribution < 1.29 is 14.3 Å². The zero-order valence-electron chi connectivity index (χ0n) is 10.6. The van der Waals surface area contributed by atoms with Gasteiger partial charge in [-0.15, -0.1) is 0 Å². The van der Waals surface area contributed by atoms with Crippen molar-refractivity contribution in [1.29, 1.82) is 0 Å². The van der Waals surface area contributed by atoms with Crippen LogP contribution in [0, 0.1) is 0 Å². The van der Waals surface area contributed by atoms with Crippen molar-refractivity contribution in [1.82, 2.24) is 5.32 Å². The predicted octanol–water partition coefficient (Wildman–Crippen LogP) is 2.04. The summed E-state index contributed by atoms with van der Waals surface area (Å²) < 4.78 is 11.0. The van der Waals surface area contributed by atoms with Gasteiger partial charge in [-0.1, -0.05) is 18.2 Å². The number of nitrogens with one attached hydrogen (secondary N) is 1. The fraction of sp³-hybridized carbons (Fsp3) is 0.333. The van der Waals surface area contributed by atoms with Gasteiger partial charge in [0.15, 0.2) is 0 Å². The Bertz CT molecular complexity index is 538. The third-order valence-electron chi connectivity index (χ3n) is 3.64. The van der Waals surface area contributed by atoms with Crippen molar-refractivity contribution in [2.75, 3.05) is 13.2 Å². The third kappa shape index (κ3) is 2.25. The highest BCUT2D eigenvalue weighted by Crippen LogP contribution is 2.36. The first kappa shape index (κ1) is 12.3. The number of aliphatic hydroxyl groups is 1. The topological polar surface area (TPSA) is 54.6 Å². The minimum Gasteiger partial charge on any atom is -0.493 e. The predicted molar refractivity (Wildman–Crippen MR) is 70.9 cm³/mol. The molecule has 0 amide bonds. The molecular formula is C15H17NO3. The van der Waals surface area contributed by atoms with Crippen molar-refractivity contribution in [3.8, 4) is 5.75 Å². The van der Waals surface area contributed by atoms with Gasteiger partial charge >= 0.3 is 0 Å². The van der Waals surface area contributed by atoms with Crippen LogP contribution in [0.15, 0.2) is 47.1 Å². The van der Waals surface area contributed by atoms with Gasteiger partial charge in [-0.05, 0) is 18.2 Å². The average molecular weight is 259 g/mol. The molecule has 0 fully saturated rings. The molecule has 3 rings (SSSR count). The highest BCUT2D eigenvalue weighted by Gasteiger charge is 2.36. The van der Waals surface area contributed by atoms with E-state index in [0.717, 1.165) is 23.5 Å². The minimum absolute atomic E-state index is 0.0358. The van der Waals surface area contributed by atoms with Gasteiger partial charge in [0.05, 0.1) is 31.6 Å². The number of benzene rings is 1. The molecule has 0 spiro atoms. The first-order valence-electron chi connectivity index (χ1n) is 6.45. The highest BCUT2D eigenvalue weighted by molar-refractivity contribution is 5.41. The molecule has 1 aliphatic rings. The summed E-state index contributed by atoms with van der Waals surface area (Å²) in [5.74, 6) is 1.70. The van der Waals surface area contributed by atoms with Gasteiger partial charge < -0.3 is 14.3 Å². The summed E-state index contributed by atoms with van der Waals surface area (Å²) in [7, 11) is 0. The van der Waals surface area contributed by atoms with E-state index in [2.05, 4.69) is 5.32 Å². The Balaban J connectivity index is 1.87. The second-order valence-electron chi connectivity index (χ2n) is 4.77. The van der Waals surface area contributed by atoms with E-state index in [-0.39, 0.29) is 6.61 Å². The van der Waals surface area contributed by atoms with Crippen LogP contribution in [0.2, 0.25) is 0 Å². The van der Waals surface area contributed by atoms with E-state index in [1.165, 1.54) is 0 Å². The Morgan fingerprint density at radius 1 is 1.21 bits per heavy atom. The number of fused-ring (bicyclic) bond motifs is 1.